The van der Waals surface area contributed by atoms with Crippen molar-refractivity contribution in [1.82, 2.24) is 11.1 Å². The maximum atomic E-state index is 6.33. The van der Waals surface area contributed by atoms with E-state index in [1.807, 2.05) is 30.3 Å². The Morgan fingerprint density at radius 3 is 2.62 bits per heavy atom. The van der Waals surface area contributed by atoms with Crippen molar-refractivity contribution in [1.29, 1.82) is 0 Å². The fourth-order valence-electron chi connectivity index (χ4n) is 2.44. The Morgan fingerprint density at radius 1 is 1.14 bits per heavy atom. The van der Waals surface area contributed by atoms with Gasteiger partial charge in [0.1, 0.15) is 0 Å². The molecule has 5 N–H and O–H groups in total. The van der Waals surface area contributed by atoms with E-state index in [9.17, 15) is 0 Å². The van der Waals surface area contributed by atoms with Crippen LogP contribution in [0.25, 0.3) is 22.0 Å². The summed E-state index contributed by atoms with van der Waals surface area (Å²) in [7, 11) is 0. The number of hydrogen-bond acceptors (Lipinski definition) is 3. The van der Waals surface area contributed by atoms with Crippen LogP contribution in [-0.4, -0.2) is 4.98 Å². The molecule has 3 rings (SSSR count). The second kappa shape index (κ2) is 6.12. The van der Waals surface area contributed by atoms with Gasteiger partial charge in [-0.25, -0.2) is 0 Å². The van der Waals surface area contributed by atoms with Crippen molar-refractivity contribution < 1.29 is 0 Å². The van der Waals surface area contributed by atoms with E-state index in [-0.39, 0.29) is 6.15 Å². The first-order valence-electron chi connectivity index (χ1n) is 6.62. The normalized spacial score (nSPS) is 10.4. The Bertz CT molecular complexity index is 784. The molecule has 21 heavy (non-hydrogen) atoms. The van der Waals surface area contributed by atoms with E-state index >= 15 is 0 Å². The molecule has 0 saturated heterocycles. The summed E-state index contributed by atoms with van der Waals surface area (Å²) in [5.41, 5.74) is 10.9. The number of benzene rings is 2. The summed E-state index contributed by atoms with van der Waals surface area (Å²) >= 11 is 6.33. The van der Waals surface area contributed by atoms with Gasteiger partial charge in [-0.15, -0.1) is 0 Å². The molecular weight excluding hydrogens is 282 g/mol. The van der Waals surface area contributed by atoms with Crippen molar-refractivity contribution in [3.05, 3.63) is 59.2 Å². The van der Waals surface area contributed by atoms with Crippen LogP contribution in [0, 0.1) is 0 Å². The lowest BCUT2D eigenvalue weighted by atomic mass is 9.98. The number of aryl methyl sites for hydroxylation is 1. The van der Waals surface area contributed by atoms with E-state index in [4.69, 9.17) is 17.3 Å². The van der Waals surface area contributed by atoms with E-state index in [0.717, 1.165) is 28.5 Å². The van der Waals surface area contributed by atoms with Gasteiger partial charge in [0.05, 0.1) is 17.4 Å². The fraction of sp³-hybridized carbons (Fsp3) is 0.118. The number of halogens is 1. The Morgan fingerprint density at radius 2 is 1.90 bits per heavy atom. The molecule has 0 aliphatic carbocycles. The van der Waals surface area contributed by atoms with Crippen LogP contribution in [0.15, 0.2) is 48.7 Å². The lowest BCUT2D eigenvalue weighted by molar-refractivity contribution is 1.14. The number of rotatable bonds is 2. The second-order valence-corrected chi connectivity index (χ2v) is 5.18. The van der Waals surface area contributed by atoms with Crippen molar-refractivity contribution in [2.45, 2.75) is 13.3 Å². The van der Waals surface area contributed by atoms with Crippen LogP contribution in [0.3, 0.4) is 0 Å². The smallest absolute Gasteiger partial charge is 0.0710 e. The number of aromatic nitrogens is 1. The molecule has 4 heteroatoms. The molecule has 0 spiro atoms. The zero-order valence-electron chi connectivity index (χ0n) is 11.9. The fourth-order valence-corrected chi connectivity index (χ4v) is 2.67. The van der Waals surface area contributed by atoms with E-state index in [2.05, 4.69) is 24.0 Å². The van der Waals surface area contributed by atoms with Crippen molar-refractivity contribution in [3.63, 3.8) is 0 Å². The first-order valence-corrected chi connectivity index (χ1v) is 7.00. The highest BCUT2D eigenvalue weighted by atomic mass is 35.5. The summed E-state index contributed by atoms with van der Waals surface area (Å²) in [6.45, 7) is 2.13. The highest BCUT2D eigenvalue weighted by Crippen LogP contribution is 2.37. The van der Waals surface area contributed by atoms with Crippen molar-refractivity contribution in [3.8, 4) is 11.1 Å². The molecule has 0 radical (unpaired) electrons. The monoisotopic (exact) mass is 299 g/mol. The number of pyridine rings is 1. The Hall–Kier alpha value is -2.10. The highest BCUT2D eigenvalue weighted by Gasteiger charge is 2.12. The average molecular weight is 300 g/mol. The number of nitrogens with zero attached hydrogens (tertiary/aromatic N) is 1. The predicted octanol–water partition coefficient (Wildman–Crippen LogP) is 4.86. The zero-order valence-corrected chi connectivity index (χ0v) is 12.7. The van der Waals surface area contributed by atoms with Crippen LogP contribution >= 0.6 is 11.6 Å². The van der Waals surface area contributed by atoms with Gasteiger partial charge in [0.2, 0.25) is 0 Å². The molecule has 2 aromatic carbocycles. The third kappa shape index (κ3) is 2.71. The topological polar surface area (TPSA) is 73.9 Å². The van der Waals surface area contributed by atoms with Gasteiger partial charge in [-0.05, 0) is 30.2 Å². The van der Waals surface area contributed by atoms with Crippen molar-refractivity contribution in [2.75, 3.05) is 5.73 Å². The maximum absolute atomic E-state index is 6.33. The van der Waals surface area contributed by atoms with Gasteiger partial charge in [0, 0.05) is 21.5 Å². The highest BCUT2D eigenvalue weighted by molar-refractivity contribution is 6.34. The van der Waals surface area contributed by atoms with Gasteiger partial charge in [-0.2, -0.15) is 0 Å². The molecule has 3 nitrogen and oxygen atoms in total. The third-order valence-electron chi connectivity index (χ3n) is 3.51. The number of fused-ring (bicyclic) bond motifs is 1. The predicted molar refractivity (Wildman–Crippen MR) is 91.0 cm³/mol. The average Bonchev–Trinajstić information content (AvgIpc) is 2.48. The van der Waals surface area contributed by atoms with Crippen LogP contribution < -0.4 is 11.9 Å². The van der Waals surface area contributed by atoms with Gasteiger partial charge in [-0.3, -0.25) is 4.98 Å². The van der Waals surface area contributed by atoms with Gasteiger partial charge in [0.15, 0.2) is 0 Å². The van der Waals surface area contributed by atoms with Gasteiger partial charge < -0.3 is 11.9 Å². The molecule has 0 aliphatic rings. The van der Waals surface area contributed by atoms with Gasteiger partial charge >= 0.3 is 0 Å². The van der Waals surface area contributed by atoms with Crippen LogP contribution in [0.5, 0.6) is 0 Å². The first kappa shape index (κ1) is 15.3. The summed E-state index contributed by atoms with van der Waals surface area (Å²) in [5.74, 6) is 0. The summed E-state index contributed by atoms with van der Waals surface area (Å²) in [5, 5.41) is 1.76. The molecule has 0 atom stereocenters. The summed E-state index contributed by atoms with van der Waals surface area (Å²) < 4.78 is 0. The second-order valence-electron chi connectivity index (χ2n) is 4.77. The summed E-state index contributed by atoms with van der Waals surface area (Å²) in [4.78, 5) is 4.40. The van der Waals surface area contributed by atoms with Gasteiger partial charge in [-0.1, -0.05) is 42.8 Å². The number of nitrogen functional groups attached to an aromatic ring is 1. The molecule has 0 aliphatic heterocycles. The first-order chi connectivity index (χ1) is 9.70. The van der Waals surface area contributed by atoms with E-state index in [0.29, 0.717) is 10.7 Å². The lowest BCUT2D eigenvalue weighted by Gasteiger charge is -2.12. The molecule has 0 amide bonds. The number of anilines is 1. The minimum absolute atomic E-state index is 0. The largest absolute Gasteiger partial charge is 0.397 e. The molecule has 0 unspecified atom stereocenters. The molecule has 1 aromatic heterocycles. The molecule has 108 valence electrons. The zero-order chi connectivity index (χ0) is 14.1. The Balaban J connectivity index is 0.00000161. The molecule has 3 aromatic rings. The van der Waals surface area contributed by atoms with Crippen molar-refractivity contribution in [2.24, 2.45) is 0 Å². The molecule has 0 fully saturated rings. The standard InChI is InChI=1S/C17H15ClN2.H3N/c1-2-11-7-8-16-13(9-11)17(15(19)10-20-16)12-5-3-4-6-14(12)18;/h3-10H,2,19H2,1H3;1H3. The number of nitrogens with two attached hydrogens (primary N) is 1. The summed E-state index contributed by atoms with van der Waals surface area (Å²) in [6, 6.07) is 14.0. The maximum Gasteiger partial charge on any atom is 0.0710 e. The van der Waals surface area contributed by atoms with Gasteiger partial charge in [0.25, 0.3) is 0 Å². The Kier molecular flexibility index (Phi) is 4.46. The Labute approximate surface area is 129 Å². The van der Waals surface area contributed by atoms with E-state index in [1.165, 1.54) is 5.56 Å². The third-order valence-corrected chi connectivity index (χ3v) is 3.84. The minimum Gasteiger partial charge on any atom is -0.397 e. The van der Waals surface area contributed by atoms with Crippen molar-refractivity contribution >= 4 is 28.2 Å². The van der Waals surface area contributed by atoms with Crippen LogP contribution in [0.1, 0.15) is 12.5 Å². The number of hydrogen-bond donors (Lipinski definition) is 2. The van der Waals surface area contributed by atoms with Crippen LogP contribution in [0.2, 0.25) is 5.02 Å². The quantitative estimate of drug-likeness (QED) is 0.709. The summed E-state index contributed by atoms with van der Waals surface area (Å²) in [6.07, 6.45) is 2.68. The van der Waals surface area contributed by atoms with E-state index in [1.54, 1.807) is 6.20 Å². The molecular formula is C17H18ClN3. The lowest BCUT2D eigenvalue weighted by Crippen LogP contribution is -1.95. The minimum atomic E-state index is 0. The van der Waals surface area contributed by atoms with E-state index < -0.39 is 0 Å². The SMILES string of the molecule is CCc1ccc2ncc(N)c(-c3ccccc3Cl)c2c1.N. The van der Waals surface area contributed by atoms with Crippen LogP contribution in [-0.2, 0) is 6.42 Å². The van der Waals surface area contributed by atoms with Crippen LogP contribution in [0.4, 0.5) is 5.69 Å². The molecule has 0 bridgehead atoms. The molecule has 0 saturated carbocycles. The molecule has 1 heterocycles.